The summed E-state index contributed by atoms with van der Waals surface area (Å²) in [6.07, 6.45) is 4.15. The summed E-state index contributed by atoms with van der Waals surface area (Å²) in [5.41, 5.74) is 3.85. The van der Waals surface area contributed by atoms with Crippen molar-refractivity contribution >= 4 is 12.1 Å². The number of amides is 1. The van der Waals surface area contributed by atoms with E-state index in [1.54, 1.807) is 0 Å². The highest BCUT2D eigenvalue weighted by Crippen LogP contribution is 2.50. The number of alkyl carbamates (subject to hydrolysis) is 1. The largest absolute Gasteiger partial charge is 0.481 e. The molecular formula is C25H27NO4. The van der Waals surface area contributed by atoms with Gasteiger partial charge < -0.3 is 15.2 Å². The SMILES string of the molecule is O=C(NCC1(C(=O)O)CC2CCC(C2)C1)OCC1c2ccccc2-c2ccccc21. The van der Waals surface area contributed by atoms with Gasteiger partial charge in [-0.25, -0.2) is 4.79 Å². The summed E-state index contributed by atoms with van der Waals surface area (Å²) in [6.45, 7) is 0.386. The maximum absolute atomic E-state index is 12.5. The first kappa shape index (κ1) is 19.2. The van der Waals surface area contributed by atoms with Crippen molar-refractivity contribution in [3.05, 3.63) is 59.7 Å². The van der Waals surface area contributed by atoms with Gasteiger partial charge in [0.05, 0.1) is 5.41 Å². The van der Waals surface area contributed by atoms with E-state index in [1.165, 1.54) is 11.1 Å². The predicted molar refractivity (Wildman–Crippen MR) is 113 cm³/mol. The molecule has 2 atom stereocenters. The first-order valence-corrected chi connectivity index (χ1v) is 10.9. The number of nitrogens with one attached hydrogen (secondary N) is 1. The molecule has 2 bridgehead atoms. The van der Waals surface area contributed by atoms with Crippen molar-refractivity contribution in [2.75, 3.05) is 13.2 Å². The zero-order valence-electron chi connectivity index (χ0n) is 17.0. The van der Waals surface area contributed by atoms with E-state index in [4.69, 9.17) is 4.74 Å². The number of hydrogen-bond donors (Lipinski definition) is 2. The minimum absolute atomic E-state index is 0.00195. The van der Waals surface area contributed by atoms with Crippen LogP contribution in [0.5, 0.6) is 0 Å². The van der Waals surface area contributed by atoms with Crippen LogP contribution in [-0.2, 0) is 9.53 Å². The fourth-order valence-electron chi connectivity index (χ4n) is 6.02. The first-order valence-electron chi connectivity index (χ1n) is 10.9. The Kier molecular flexibility index (Phi) is 4.76. The Hall–Kier alpha value is -2.82. The second-order valence-electron chi connectivity index (χ2n) is 9.22. The molecular weight excluding hydrogens is 378 g/mol. The standard InChI is InChI=1S/C25H27NO4/c27-23(28)25(12-16-9-10-17(11-16)13-25)15-26-24(29)30-14-22-20-7-3-1-5-18(20)19-6-2-4-8-21(19)22/h1-8,16-17,22H,9-15H2,(H,26,29)(H,27,28). The smallest absolute Gasteiger partial charge is 0.407 e. The molecule has 0 saturated heterocycles. The summed E-state index contributed by atoms with van der Waals surface area (Å²) in [6, 6.07) is 16.4. The van der Waals surface area contributed by atoms with E-state index in [0.717, 1.165) is 30.4 Å². The van der Waals surface area contributed by atoms with Gasteiger partial charge in [-0.3, -0.25) is 4.79 Å². The van der Waals surface area contributed by atoms with Crippen LogP contribution >= 0.6 is 0 Å². The second-order valence-corrected chi connectivity index (χ2v) is 9.22. The molecule has 2 fully saturated rings. The number of aliphatic carboxylic acids is 1. The number of carbonyl (C=O) groups excluding carboxylic acids is 1. The molecule has 5 rings (SSSR count). The predicted octanol–water partition coefficient (Wildman–Crippen LogP) is 4.81. The number of ether oxygens (including phenoxy) is 1. The molecule has 3 aliphatic rings. The van der Waals surface area contributed by atoms with Crippen LogP contribution < -0.4 is 5.32 Å². The first-order chi connectivity index (χ1) is 14.6. The van der Waals surface area contributed by atoms with Crippen LogP contribution in [0.3, 0.4) is 0 Å². The highest BCUT2D eigenvalue weighted by molar-refractivity contribution is 5.79. The number of benzene rings is 2. The quantitative estimate of drug-likeness (QED) is 0.749. The minimum Gasteiger partial charge on any atom is -0.481 e. The van der Waals surface area contributed by atoms with Gasteiger partial charge in [0.25, 0.3) is 0 Å². The van der Waals surface area contributed by atoms with Crippen molar-refractivity contribution in [3.8, 4) is 11.1 Å². The van der Waals surface area contributed by atoms with Gasteiger partial charge >= 0.3 is 12.1 Å². The molecule has 5 heteroatoms. The highest BCUT2D eigenvalue weighted by Gasteiger charge is 2.49. The third-order valence-corrected chi connectivity index (χ3v) is 7.38. The van der Waals surface area contributed by atoms with Crippen molar-refractivity contribution in [2.24, 2.45) is 17.3 Å². The Morgan fingerprint density at radius 2 is 1.53 bits per heavy atom. The Bertz CT molecular complexity index is 927. The molecule has 0 aromatic heterocycles. The fraction of sp³-hybridized carbons (Fsp3) is 0.440. The molecule has 2 aromatic carbocycles. The van der Waals surface area contributed by atoms with E-state index in [2.05, 4.69) is 29.6 Å². The van der Waals surface area contributed by atoms with Crippen LogP contribution in [0, 0.1) is 17.3 Å². The van der Waals surface area contributed by atoms with Gasteiger partial charge in [0.1, 0.15) is 6.61 Å². The monoisotopic (exact) mass is 405 g/mol. The zero-order chi connectivity index (χ0) is 20.7. The summed E-state index contributed by atoms with van der Waals surface area (Å²) >= 11 is 0. The number of carboxylic acids is 1. The Balaban J connectivity index is 1.24. The summed E-state index contributed by atoms with van der Waals surface area (Å²) in [4.78, 5) is 24.5. The molecule has 2 saturated carbocycles. The zero-order valence-corrected chi connectivity index (χ0v) is 17.0. The summed E-state index contributed by atoms with van der Waals surface area (Å²) in [5.74, 6) is 0.161. The van der Waals surface area contributed by atoms with E-state index in [9.17, 15) is 14.7 Å². The number of carboxylic acid groups (broad SMARTS) is 1. The van der Waals surface area contributed by atoms with Gasteiger partial charge in [-0.05, 0) is 53.4 Å². The molecule has 2 aromatic rings. The average molecular weight is 405 g/mol. The minimum atomic E-state index is -0.852. The molecule has 5 nitrogen and oxygen atoms in total. The van der Waals surface area contributed by atoms with Crippen LogP contribution in [0.4, 0.5) is 4.79 Å². The lowest BCUT2D eigenvalue weighted by Gasteiger charge is -2.37. The van der Waals surface area contributed by atoms with Crippen LogP contribution in [0.15, 0.2) is 48.5 Å². The maximum atomic E-state index is 12.5. The number of hydrogen-bond acceptors (Lipinski definition) is 3. The van der Waals surface area contributed by atoms with E-state index < -0.39 is 17.5 Å². The van der Waals surface area contributed by atoms with E-state index >= 15 is 0 Å². The summed E-state index contributed by atoms with van der Waals surface area (Å²) in [7, 11) is 0. The molecule has 0 heterocycles. The summed E-state index contributed by atoms with van der Waals surface area (Å²) in [5, 5.41) is 12.7. The van der Waals surface area contributed by atoms with Crippen LogP contribution in [0.25, 0.3) is 11.1 Å². The molecule has 2 N–H and O–H groups in total. The van der Waals surface area contributed by atoms with Crippen molar-refractivity contribution < 1.29 is 19.4 Å². The molecule has 1 amide bonds. The lowest BCUT2D eigenvalue weighted by molar-refractivity contribution is -0.152. The molecule has 30 heavy (non-hydrogen) atoms. The number of rotatable bonds is 5. The molecule has 3 aliphatic carbocycles. The van der Waals surface area contributed by atoms with E-state index in [0.29, 0.717) is 24.7 Å². The normalized spacial score (nSPS) is 26.7. The van der Waals surface area contributed by atoms with Gasteiger partial charge in [-0.1, -0.05) is 61.4 Å². The van der Waals surface area contributed by atoms with Crippen molar-refractivity contribution in [3.63, 3.8) is 0 Å². The summed E-state index contributed by atoms with van der Waals surface area (Å²) < 4.78 is 5.58. The van der Waals surface area contributed by atoms with Gasteiger partial charge in [0, 0.05) is 12.5 Å². The number of carbonyl (C=O) groups is 2. The van der Waals surface area contributed by atoms with Crippen molar-refractivity contribution in [1.82, 2.24) is 5.32 Å². The molecule has 156 valence electrons. The molecule has 0 radical (unpaired) electrons. The maximum Gasteiger partial charge on any atom is 0.407 e. The van der Waals surface area contributed by atoms with Gasteiger partial charge in [-0.15, -0.1) is 0 Å². The van der Waals surface area contributed by atoms with Crippen LogP contribution in [0.2, 0.25) is 0 Å². The molecule has 0 spiro atoms. The van der Waals surface area contributed by atoms with Gasteiger partial charge in [0.15, 0.2) is 0 Å². The Morgan fingerprint density at radius 1 is 0.967 bits per heavy atom. The lowest BCUT2D eigenvalue weighted by Crippen LogP contribution is -2.46. The Labute approximate surface area is 176 Å². The van der Waals surface area contributed by atoms with Crippen molar-refractivity contribution in [2.45, 2.75) is 38.0 Å². The van der Waals surface area contributed by atoms with E-state index in [-0.39, 0.29) is 19.1 Å². The fourth-order valence-corrected chi connectivity index (χ4v) is 6.02. The number of fused-ring (bicyclic) bond motifs is 5. The third-order valence-electron chi connectivity index (χ3n) is 7.38. The van der Waals surface area contributed by atoms with Crippen molar-refractivity contribution in [1.29, 1.82) is 0 Å². The molecule has 2 unspecified atom stereocenters. The van der Waals surface area contributed by atoms with Gasteiger partial charge in [-0.2, -0.15) is 0 Å². The van der Waals surface area contributed by atoms with Gasteiger partial charge in [0.2, 0.25) is 0 Å². The highest BCUT2D eigenvalue weighted by atomic mass is 16.5. The topological polar surface area (TPSA) is 75.6 Å². The molecule has 0 aliphatic heterocycles. The lowest BCUT2D eigenvalue weighted by atomic mass is 9.69. The second kappa shape index (κ2) is 7.46. The van der Waals surface area contributed by atoms with E-state index in [1.807, 2.05) is 24.3 Å². The van der Waals surface area contributed by atoms with Crippen LogP contribution in [0.1, 0.15) is 49.1 Å². The third kappa shape index (κ3) is 3.26. The average Bonchev–Trinajstić information content (AvgIpc) is 3.27. The van der Waals surface area contributed by atoms with Crippen LogP contribution in [-0.4, -0.2) is 30.3 Å². The Morgan fingerprint density at radius 3 is 2.10 bits per heavy atom.